The first-order chi connectivity index (χ1) is 14.5. The van der Waals surface area contributed by atoms with Crippen LogP contribution in [-0.4, -0.2) is 36.7 Å². The van der Waals surface area contributed by atoms with Crippen LogP contribution in [0.4, 0.5) is 0 Å². The van der Waals surface area contributed by atoms with Gasteiger partial charge in [0.1, 0.15) is 6.54 Å². The quantitative estimate of drug-likeness (QED) is 0.780. The predicted molar refractivity (Wildman–Crippen MR) is 118 cm³/mol. The summed E-state index contributed by atoms with van der Waals surface area (Å²) < 4.78 is 0. The van der Waals surface area contributed by atoms with Crippen molar-refractivity contribution >= 4 is 5.78 Å². The van der Waals surface area contributed by atoms with Crippen molar-refractivity contribution in [1.82, 2.24) is 20.2 Å². The number of Topliss-reactive ketones (excluding diaryl/α,β-unsaturated/α-hetero) is 1. The standard InChI is InChI=1S/C25H40N4O2/c1-15-12-17-13-23(3,31)10-11-24(17,4)20-8-9-25(5)18(6-7-19(25)22(15)20)21(30)14-29-27-16(2)26-28-29/h15,17-20,22,31H,6-14H2,1-5H3/t15-,17+,18+,19+,20+,22+,23-,24+,25-/m1/s1. The topological polar surface area (TPSA) is 80.9 Å². The second kappa shape index (κ2) is 7.10. The first-order valence-electron chi connectivity index (χ1n) is 12.5. The van der Waals surface area contributed by atoms with Crippen LogP contribution in [0.15, 0.2) is 0 Å². The molecule has 31 heavy (non-hydrogen) atoms. The van der Waals surface area contributed by atoms with E-state index in [9.17, 15) is 9.90 Å². The molecule has 172 valence electrons. The molecular weight excluding hydrogens is 388 g/mol. The van der Waals surface area contributed by atoms with Gasteiger partial charge in [-0.3, -0.25) is 4.79 Å². The Kier molecular flexibility index (Phi) is 4.93. The third kappa shape index (κ3) is 3.30. The fourth-order valence-electron chi connectivity index (χ4n) is 8.98. The van der Waals surface area contributed by atoms with E-state index in [1.165, 1.54) is 24.1 Å². The zero-order valence-corrected chi connectivity index (χ0v) is 20.0. The van der Waals surface area contributed by atoms with Crippen molar-refractivity contribution in [3.05, 3.63) is 5.82 Å². The number of aryl methyl sites for hydroxylation is 1. The van der Waals surface area contributed by atoms with Gasteiger partial charge in [0.2, 0.25) is 0 Å². The lowest BCUT2D eigenvalue weighted by Gasteiger charge is -2.63. The average molecular weight is 429 g/mol. The molecule has 4 saturated carbocycles. The molecule has 1 aromatic heterocycles. The summed E-state index contributed by atoms with van der Waals surface area (Å²) in [5, 5.41) is 23.0. The third-order valence-corrected chi connectivity index (χ3v) is 10.6. The highest BCUT2D eigenvalue weighted by Gasteiger charge is 2.63. The minimum absolute atomic E-state index is 0.103. The third-order valence-electron chi connectivity index (χ3n) is 10.6. The number of aliphatic hydroxyl groups is 1. The number of fused-ring (bicyclic) bond motifs is 5. The Bertz CT molecular complexity index is 865. The molecule has 0 bridgehead atoms. The van der Waals surface area contributed by atoms with Crippen LogP contribution in [0.2, 0.25) is 0 Å². The number of hydrogen-bond acceptors (Lipinski definition) is 5. The Labute approximate surface area is 186 Å². The minimum Gasteiger partial charge on any atom is -0.390 e. The normalized spacial score (nSPS) is 49.2. The van der Waals surface area contributed by atoms with Crippen LogP contribution in [-0.2, 0) is 11.3 Å². The predicted octanol–water partition coefficient (Wildman–Crippen LogP) is 4.21. The number of carbonyl (C=O) groups is 1. The zero-order valence-electron chi connectivity index (χ0n) is 20.0. The second-order valence-electron chi connectivity index (χ2n) is 12.4. The smallest absolute Gasteiger partial charge is 0.171 e. The van der Waals surface area contributed by atoms with Crippen molar-refractivity contribution in [2.45, 2.75) is 98.1 Å². The first-order valence-corrected chi connectivity index (χ1v) is 12.5. The van der Waals surface area contributed by atoms with E-state index in [-0.39, 0.29) is 17.9 Å². The summed E-state index contributed by atoms with van der Waals surface area (Å²) >= 11 is 0. The van der Waals surface area contributed by atoms with Crippen molar-refractivity contribution in [2.24, 2.45) is 46.3 Å². The summed E-state index contributed by atoms with van der Waals surface area (Å²) in [4.78, 5) is 14.8. The highest BCUT2D eigenvalue weighted by molar-refractivity contribution is 5.82. The van der Waals surface area contributed by atoms with Gasteiger partial charge in [0.25, 0.3) is 0 Å². The van der Waals surface area contributed by atoms with Gasteiger partial charge < -0.3 is 5.11 Å². The molecule has 9 atom stereocenters. The molecule has 0 aromatic carbocycles. The Morgan fingerprint density at radius 2 is 1.84 bits per heavy atom. The number of carbonyl (C=O) groups excluding carboxylic acids is 1. The summed E-state index contributed by atoms with van der Waals surface area (Å²) in [6.45, 7) is 11.5. The van der Waals surface area contributed by atoms with Gasteiger partial charge in [0, 0.05) is 5.92 Å². The first kappa shape index (κ1) is 21.5. The molecule has 5 rings (SSSR count). The van der Waals surface area contributed by atoms with E-state index in [1.807, 2.05) is 13.8 Å². The van der Waals surface area contributed by atoms with Crippen molar-refractivity contribution in [3.8, 4) is 0 Å². The molecule has 0 saturated heterocycles. The highest BCUT2D eigenvalue weighted by atomic mass is 16.3. The van der Waals surface area contributed by atoms with Crippen LogP contribution < -0.4 is 0 Å². The van der Waals surface area contributed by atoms with Gasteiger partial charge in [-0.1, -0.05) is 20.8 Å². The molecule has 0 radical (unpaired) electrons. The number of nitrogens with zero attached hydrogens (tertiary/aromatic N) is 4. The summed E-state index contributed by atoms with van der Waals surface area (Å²) in [6.07, 6.45) is 8.88. The fraction of sp³-hybridized carbons (Fsp3) is 0.920. The molecule has 4 aliphatic rings. The average Bonchev–Trinajstić information content (AvgIpc) is 3.25. The molecular formula is C25H40N4O2. The van der Waals surface area contributed by atoms with E-state index < -0.39 is 5.60 Å². The molecule has 1 N–H and O–H groups in total. The molecule has 0 aliphatic heterocycles. The number of aromatic nitrogens is 4. The van der Waals surface area contributed by atoms with Gasteiger partial charge in [-0.25, -0.2) is 0 Å². The minimum atomic E-state index is -0.488. The Morgan fingerprint density at radius 1 is 1.10 bits per heavy atom. The number of rotatable bonds is 3. The van der Waals surface area contributed by atoms with Crippen LogP contribution in [0.5, 0.6) is 0 Å². The van der Waals surface area contributed by atoms with Gasteiger partial charge >= 0.3 is 0 Å². The summed E-state index contributed by atoms with van der Waals surface area (Å²) in [6, 6.07) is 0. The number of hydrogen-bond donors (Lipinski definition) is 1. The van der Waals surface area contributed by atoms with Gasteiger partial charge in [0.15, 0.2) is 11.6 Å². The lowest BCUT2D eigenvalue weighted by molar-refractivity contribution is -0.166. The van der Waals surface area contributed by atoms with Gasteiger partial charge in [-0.15, -0.1) is 10.2 Å². The van der Waals surface area contributed by atoms with E-state index in [4.69, 9.17) is 0 Å². The molecule has 4 aliphatic carbocycles. The Balaban J connectivity index is 1.38. The fourth-order valence-corrected chi connectivity index (χ4v) is 8.98. The van der Waals surface area contributed by atoms with Gasteiger partial charge in [-0.05, 0) is 111 Å². The maximum atomic E-state index is 13.3. The summed E-state index contributed by atoms with van der Waals surface area (Å²) in [7, 11) is 0. The zero-order chi connectivity index (χ0) is 22.2. The van der Waals surface area contributed by atoms with E-state index in [0.29, 0.717) is 40.7 Å². The van der Waals surface area contributed by atoms with Gasteiger partial charge in [-0.2, -0.15) is 4.80 Å². The molecule has 4 fully saturated rings. The second-order valence-corrected chi connectivity index (χ2v) is 12.4. The highest BCUT2D eigenvalue weighted by Crippen LogP contribution is 2.69. The van der Waals surface area contributed by atoms with Crippen molar-refractivity contribution in [2.75, 3.05) is 0 Å². The largest absolute Gasteiger partial charge is 0.390 e. The Morgan fingerprint density at radius 3 is 2.55 bits per heavy atom. The van der Waals surface area contributed by atoms with E-state index >= 15 is 0 Å². The molecule has 1 heterocycles. The summed E-state index contributed by atoms with van der Waals surface area (Å²) in [5.41, 5.74) is -0.0327. The van der Waals surface area contributed by atoms with Gasteiger partial charge in [0.05, 0.1) is 5.60 Å². The monoisotopic (exact) mass is 428 g/mol. The number of tetrazole rings is 1. The number of ketones is 1. The molecule has 1 aromatic rings. The maximum absolute atomic E-state index is 13.3. The molecule has 6 heteroatoms. The molecule has 6 nitrogen and oxygen atoms in total. The van der Waals surface area contributed by atoms with Crippen molar-refractivity contribution in [3.63, 3.8) is 0 Å². The Hall–Kier alpha value is -1.30. The maximum Gasteiger partial charge on any atom is 0.171 e. The molecule has 0 spiro atoms. The van der Waals surface area contributed by atoms with E-state index in [1.54, 1.807) is 0 Å². The van der Waals surface area contributed by atoms with Crippen LogP contribution in [0.25, 0.3) is 0 Å². The van der Waals surface area contributed by atoms with E-state index in [2.05, 4.69) is 36.2 Å². The van der Waals surface area contributed by atoms with E-state index in [0.717, 1.165) is 38.0 Å². The van der Waals surface area contributed by atoms with Crippen LogP contribution in [0, 0.1) is 53.3 Å². The van der Waals surface area contributed by atoms with Crippen molar-refractivity contribution in [1.29, 1.82) is 0 Å². The van der Waals surface area contributed by atoms with Crippen LogP contribution in [0.3, 0.4) is 0 Å². The van der Waals surface area contributed by atoms with Crippen molar-refractivity contribution < 1.29 is 9.90 Å². The lowest BCUT2D eigenvalue weighted by Crippen LogP contribution is -2.58. The summed E-state index contributed by atoms with van der Waals surface area (Å²) in [5.74, 6) is 4.44. The lowest BCUT2D eigenvalue weighted by atomic mass is 9.42. The SMILES string of the molecule is Cc1nnn(CC(=O)[C@@H]2CC[C@H]3[C@@H]4[C@H](C)C[C@H]5C[C@](C)(O)CC[C@]5(C)[C@H]4CC[C@]23C)n1. The molecule has 0 amide bonds. The van der Waals surface area contributed by atoms with Crippen LogP contribution >= 0.6 is 0 Å². The van der Waals surface area contributed by atoms with Crippen LogP contribution in [0.1, 0.15) is 84.9 Å². The molecule has 0 unspecified atom stereocenters.